The van der Waals surface area contributed by atoms with Crippen molar-refractivity contribution in [3.63, 3.8) is 0 Å². The van der Waals surface area contributed by atoms with Crippen LogP contribution in [0.3, 0.4) is 0 Å². The highest BCUT2D eigenvalue weighted by molar-refractivity contribution is 5.96. The van der Waals surface area contributed by atoms with E-state index in [-0.39, 0.29) is 10.8 Å². The Morgan fingerprint density at radius 1 is 0.724 bits per heavy atom. The summed E-state index contributed by atoms with van der Waals surface area (Å²) in [5, 5.41) is 0. The second kappa shape index (κ2) is 9.44. The third-order valence-electron chi connectivity index (χ3n) is 10.1. The number of Topliss-reactive ketones (excluding diaryl/α,β-unsaturated/α-hetero) is 1. The van der Waals surface area contributed by atoms with Crippen molar-refractivity contribution in [2.45, 2.75) is 136 Å². The van der Waals surface area contributed by atoms with E-state index in [2.05, 4.69) is 13.8 Å². The van der Waals surface area contributed by atoms with Crippen molar-refractivity contribution in [2.75, 3.05) is 0 Å². The van der Waals surface area contributed by atoms with Crippen molar-refractivity contribution >= 4 is 5.78 Å². The van der Waals surface area contributed by atoms with Gasteiger partial charge in [-0.1, -0.05) is 65.2 Å². The van der Waals surface area contributed by atoms with Crippen LogP contribution in [0.25, 0.3) is 0 Å². The number of hydrogen-bond donors (Lipinski definition) is 0. The topological polar surface area (TPSA) is 17.1 Å². The van der Waals surface area contributed by atoms with Gasteiger partial charge in [0, 0.05) is 10.8 Å². The van der Waals surface area contributed by atoms with Crippen LogP contribution in [0.1, 0.15) is 136 Å². The molecule has 0 unspecified atom stereocenters. The summed E-state index contributed by atoms with van der Waals surface area (Å²) in [6.45, 7) is 4.73. The van der Waals surface area contributed by atoms with Gasteiger partial charge in [0.15, 0.2) is 0 Å². The van der Waals surface area contributed by atoms with Crippen LogP contribution in [0.5, 0.6) is 0 Å². The highest BCUT2D eigenvalue weighted by Gasteiger charge is 2.63. The molecule has 4 aliphatic rings. The minimum atomic E-state index is 0.144. The highest BCUT2D eigenvalue weighted by Crippen LogP contribution is 2.64. The Bertz CT molecular complexity index is 525. The molecular formula is C28H48O. The fourth-order valence-electron chi connectivity index (χ4n) is 8.05. The maximum atomic E-state index is 13.5. The van der Waals surface area contributed by atoms with Crippen LogP contribution in [0.2, 0.25) is 0 Å². The standard InChI is InChI=1S/C28H48O/c1-3-4-5-6-7-8-23-13-17-27(18-14-23)21-28(26(27)29)19-15-25(16-20-28)24-11-9-22(2)10-12-24/h22-25H,3-21H2,1-2H3. The third-order valence-corrected chi connectivity index (χ3v) is 10.1. The molecule has 0 aromatic heterocycles. The normalized spacial score (nSPS) is 42.9. The quantitative estimate of drug-likeness (QED) is 0.391. The van der Waals surface area contributed by atoms with Crippen molar-refractivity contribution in [1.82, 2.24) is 0 Å². The molecule has 4 fully saturated rings. The van der Waals surface area contributed by atoms with Crippen LogP contribution in [0.4, 0.5) is 0 Å². The van der Waals surface area contributed by atoms with E-state index >= 15 is 0 Å². The first kappa shape index (κ1) is 21.9. The molecule has 1 heteroatoms. The zero-order valence-electron chi connectivity index (χ0n) is 19.7. The third kappa shape index (κ3) is 4.64. The lowest BCUT2D eigenvalue weighted by Gasteiger charge is -2.59. The lowest BCUT2D eigenvalue weighted by molar-refractivity contribution is -0.169. The molecule has 0 bridgehead atoms. The van der Waals surface area contributed by atoms with Gasteiger partial charge in [-0.15, -0.1) is 0 Å². The molecule has 4 rings (SSSR count). The minimum Gasteiger partial charge on any atom is -0.298 e. The van der Waals surface area contributed by atoms with Crippen molar-refractivity contribution in [1.29, 1.82) is 0 Å². The molecule has 1 nitrogen and oxygen atoms in total. The van der Waals surface area contributed by atoms with Gasteiger partial charge in [0.25, 0.3) is 0 Å². The summed E-state index contributed by atoms with van der Waals surface area (Å²) in [6, 6.07) is 0. The average Bonchev–Trinajstić information content (AvgIpc) is 2.76. The van der Waals surface area contributed by atoms with E-state index in [9.17, 15) is 4.79 Å². The van der Waals surface area contributed by atoms with Gasteiger partial charge in [0.05, 0.1) is 0 Å². The molecule has 0 amide bonds. The van der Waals surface area contributed by atoms with Gasteiger partial charge in [-0.2, -0.15) is 0 Å². The lowest BCUT2D eigenvalue weighted by atomic mass is 9.42. The van der Waals surface area contributed by atoms with Crippen molar-refractivity contribution < 1.29 is 4.79 Å². The van der Waals surface area contributed by atoms with E-state index in [1.165, 1.54) is 122 Å². The smallest absolute Gasteiger partial charge is 0.145 e. The first-order chi connectivity index (χ1) is 14.1. The Morgan fingerprint density at radius 3 is 1.86 bits per heavy atom. The Hall–Kier alpha value is -0.330. The van der Waals surface area contributed by atoms with Crippen molar-refractivity contribution in [3.05, 3.63) is 0 Å². The molecule has 0 saturated heterocycles. The fraction of sp³-hybridized carbons (Fsp3) is 0.964. The summed E-state index contributed by atoms with van der Waals surface area (Å²) < 4.78 is 0. The summed E-state index contributed by atoms with van der Waals surface area (Å²) >= 11 is 0. The average molecular weight is 401 g/mol. The molecule has 166 valence electrons. The number of carbonyl (C=O) groups is 1. The predicted octanol–water partition coefficient (Wildman–Crippen LogP) is 8.50. The molecule has 0 aromatic rings. The van der Waals surface area contributed by atoms with E-state index in [1.807, 2.05) is 0 Å². The van der Waals surface area contributed by atoms with Gasteiger partial charge in [-0.25, -0.2) is 0 Å². The molecule has 0 heterocycles. The predicted molar refractivity (Wildman–Crippen MR) is 123 cm³/mol. The Morgan fingerprint density at radius 2 is 1.28 bits per heavy atom. The molecular weight excluding hydrogens is 352 g/mol. The van der Waals surface area contributed by atoms with E-state index in [1.54, 1.807) is 0 Å². The molecule has 29 heavy (non-hydrogen) atoms. The molecule has 0 N–H and O–H groups in total. The maximum absolute atomic E-state index is 13.5. The SMILES string of the molecule is CCCCCCCC1CCC2(CC1)CC1(CCC(C3CCC(C)CC3)CC1)C2=O. The van der Waals surface area contributed by atoms with Crippen molar-refractivity contribution in [3.8, 4) is 0 Å². The van der Waals surface area contributed by atoms with Gasteiger partial charge < -0.3 is 0 Å². The van der Waals surface area contributed by atoms with E-state index in [0.717, 1.165) is 29.5 Å². The van der Waals surface area contributed by atoms with Crippen LogP contribution in [-0.4, -0.2) is 5.78 Å². The first-order valence-electron chi connectivity index (χ1n) is 13.6. The zero-order valence-corrected chi connectivity index (χ0v) is 19.7. The second-order valence-corrected chi connectivity index (χ2v) is 12.1. The molecule has 4 saturated carbocycles. The Kier molecular flexibility index (Phi) is 7.12. The van der Waals surface area contributed by atoms with Crippen LogP contribution in [0.15, 0.2) is 0 Å². The summed E-state index contributed by atoms with van der Waals surface area (Å²) in [4.78, 5) is 13.5. The maximum Gasteiger partial charge on any atom is 0.145 e. The fourth-order valence-corrected chi connectivity index (χ4v) is 8.05. The van der Waals surface area contributed by atoms with E-state index in [4.69, 9.17) is 0 Å². The van der Waals surface area contributed by atoms with Crippen LogP contribution >= 0.6 is 0 Å². The number of ketones is 1. The van der Waals surface area contributed by atoms with E-state index < -0.39 is 0 Å². The van der Waals surface area contributed by atoms with Gasteiger partial charge in [-0.05, 0) is 94.3 Å². The molecule has 0 aromatic carbocycles. The summed E-state index contributed by atoms with van der Waals surface area (Å²) in [5.41, 5.74) is 0.289. The molecule has 4 aliphatic carbocycles. The lowest BCUT2D eigenvalue weighted by Crippen LogP contribution is -2.59. The van der Waals surface area contributed by atoms with E-state index in [0.29, 0.717) is 0 Å². The number of carbonyl (C=O) groups excluding carboxylic acids is 1. The summed E-state index contributed by atoms with van der Waals surface area (Å²) in [7, 11) is 0. The molecule has 0 atom stereocenters. The Balaban J connectivity index is 1.19. The molecule has 0 radical (unpaired) electrons. The second-order valence-electron chi connectivity index (χ2n) is 12.1. The monoisotopic (exact) mass is 400 g/mol. The van der Waals surface area contributed by atoms with Gasteiger partial charge >= 0.3 is 0 Å². The van der Waals surface area contributed by atoms with Crippen LogP contribution < -0.4 is 0 Å². The van der Waals surface area contributed by atoms with Gasteiger partial charge in [0.1, 0.15) is 5.78 Å². The summed E-state index contributed by atoms with van der Waals surface area (Å²) in [5.74, 6) is 4.56. The zero-order chi connectivity index (χ0) is 20.3. The minimum absolute atomic E-state index is 0.144. The van der Waals surface area contributed by atoms with Crippen molar-refractivity contribution in [2.24, 2.45) is 34.5 Å². The highest BCUT2D eigenvalue weighted by atomic mass is 16.1. The number of hydrogen-bond acceptors (Lipinski definition) is 1. The summed E-state index contributed by atoms with van der Waals surface area (Å²) in [6.07, 6.45) is 25.9. The molecule has 2 spiro atoms. The number of unbranched alkanes of at least 4 members (excludes halogenated alkanes) is 4. The van der Waals surface area contributed by atoms with Crippen LogP contribution in [-0.2, 0) is 4.79 Å². The number of rotatable bonds is 7. The first-order valence-corrected chi connectivity index (χ1v) is 13.6. The van der Waals surface area contributed by atoms with Gasteiger partial charge in [0.2, 0.25) is 0 Å². The Labute approximate surface area is 181 Å². The largest absolute Gasteiger partial charge is 0.298 e. The van der Waals surface area contributed by atoms with Gasteiger partial charge in [-0.3, -0.25) is 4.79 Å². The molecule has 0 aliphatic heterocycles. The van der Waals surface area contributed by atoms with Crippen LogP contribution in [0, 0.1) is 34.5 Å².